The molecule has 0 aromatic heterocycles. The van der Waals surface area contributed by atoms with Crippen LogP contribution in [-0.2, 0) is 4.79 Å². The van der Waals surface area contributed by atoms with Crippen molar-refractivity contribution in [2.45, 2.75) is 57.8 Å². The number of carboxylic acid groups (broad SMARTS) is 1. The predicted molar refractivity (Wildman–Crippen MR) is 66.5 cm³/mol. The van der Waals surface area contributed by atoms with Crippen molar-refractivity contribution in [3.63, 3.8) is 0 Å². The van der Waals surface area contributed by atoms with Gasteiger partial charge in [-0.3, -0.25) is 9.69 Å². The maximum atomic E-state index is 11.1. The highest BCUT2D eigenvalue weighted by Gasteiger charge is 2.33. The lowest BCUT2D eigenvalue weighted by Crippen LogP contribution is -2.49. The number of guanidine groups is 1. The summed E-state index contributed by atoms with van der Waals surface area (Å²) < 4.78 is 0. The van der Waals surface area contributed by atoms with E-state index >= 15 is 0 Å². The molecule has 0 aliphatic heterocycles. The quantitative estimate of drug-likeness (QED) is 0.476. The molecule has 0 radical (unpaired) electrons. The number of hydrogen-bond acceptors (Lipinski definition) is 3. The standard InChI is InChI=1S/C11H22N4O2/c1-7(10(16)17)15(8(2)14-11(12)13)9-5-3-4-6-9/h7-9H,3-6H2,1-2H3,(H,16,17)(H4,12,13,14). The van der Waals surface area contributed by atoms with Gasteiger partial charge >= 0.3 is 5.97 Å². The Bertz CT molecular complexity index is 296. The molecule has 2 unspecified atom stereocenters. The molecule has 6 heteroatoms. The van der Waals surface area contributed by atoms with E-state index in [1.54, 1.807) is 6.92 Å². The van der Waals surface area contributed by atoms with E-state index < -0.39 is 12.0 Å². The van der Waals surface area contributed by atoms with Crippen LogP contribution >= 0.6 is 0 Å². The third-order valence-electron chi connectivity index (χ3n) is 3.32. The molecule has 0 aromatic carbocycles. The lowest BCUT2D eigenvalue weighted by Gasteiger charge is -2.35. The first-order valence-corrected chi connectivity index (χ1v) is 6.02. The summed E-state index contributed by atoms with van der Waals surface area (Å²) in [7, 11) is 0. The van der Waals surface area contributed by atoms with Crippen LogP contribution in [0.15, 0.2) is 4.99 Å². The molecule has 0 spiro atoms. The smallest absolute Gasteiger partial charge is 0.320 e. The number of hydrogen-bond donors (Lipinski definition) is 3. The van der Waals surface area contributed by atoms with Crippen LogP contribution in [0.5, 0.6) is 0 Å². The van der Waals surface area contributed by atoms with Crippen molar-refractivity contribution in [1.29, 1.82) is 0 Å². The van der Waals surface area contributed by atoms with E-state index in [1.165, 1.54) is 0 Å². The molecule has 0 saturated heterocycles. The van der Waals surface area contributed by atoms with Gasteiger partial charge in [0, 0.05) is 6.04 Å². The molecule has 0 aromatic rings. The van der Waals surface area contributed by atoms with Crippen LogP contribution in [-0.4, -0.2) is 40.2 Å². The Morgan fingerprint density at radius 1 is 1.35 bits per heavy atom. The van der Waals surface area contributed by atoms with Gasteiger partial charge < -0.3 is 16.6 Å². The Labute approximate surface area is 102 Å². The second-order valence-electron chi connectivity index (χ2n) is 4.59. The minimum absolute atomic E-state index is 0.00177. The van der Waals surface area contributed by atoms with E-state index in [9.17, 15) is 4.79 Å². The van der Waals surface area contributed by atoms with E-state index in [4.69, 9.17) is 16.6 Å². The molecular formula is C11H22N4O2. The Morgan fingerprint density at radius 2 is 1.88 bits per heavy atom. The van der Waals surface area contributed by atoms with Gasteiger partial charge in [0.25, 0.3) is 0 Å². The van der Waals surface area contributed by atoms with Gasteiger partial charge in [-0.2, -0.15) is 0 Å². The number of carboxylic acids is 1. The minimum atomic E-state index is -0.838. The fraction of sp³-hybridized carbons (Fsp3) is 0.818. The summed E-state index contributed by atoms with van der Waals surface area (Å²) in [6, 6.07) is -0.310. The second kappa shape index (κ2) is 5.86. The van der Waals surface area contributed by atoms with Crippen molar-refractivity contribution >= 4 is 11.9 Å². The maximum Gasteiger partial charge on any atom is 0.320 e. The number of aliphatic carboxylic acids is 1. The van der Waals surface area contributed by atoms with Gasteiger partial charge in [-0.1, -0.05) is 12.8 Å². The van der Waals surface area contributed by atoms with Gasteiger partial charge in [0.05, 0.1) is 0 Å². The Balaban J connectivity index is 2.84. The SMILES string of the molecule is CC(N=C(N)N)N(C1CCCC1)C(C)C(=O)O. The van der Waals surface area contributed by atoms with Crippen molar-refractivity contribution in [3.8, 4) is 0 Å². The van der Waals surface area contributed by atoms with Crippen LogP contribution in [0.4, 0.5) is 0 Å². The average Bonchev–Trinajstić information content (AvgIpc) is 2.69. The zero-order valence-corrected chi connectivity index (χ0v) is 10.5. The van der Waals surface area contributed by atoms with Crippen LogP contribution in [0, 0.1) is 0 Å². The van der Waals surface area contributed by atoms with Gasteiger partial charge in [-0.05, 0) is 26.7 Å². The van der Waals surface area contributed by atoms with Crippen molar-refractivity contribution in [2.24, 2.45) is 16.5 Å². The third-order valence-corrected chi connectivity index (χ3v) is 3.32. The molecule has 1 fully saturated rings. The lowest BCUT2D eigenvalue weighted by molar-refractivity contribution is -0.144. The highest BCUT2D eigenvalue weighted by Crippen LogP contribution is 2.27. The number of nitrogens with zero attached hydrogens (tertiary/aromatic N) is 2. The summed E-state index contributed by atoms with van der Waals surface area (Å²) in [4.78, 5) is 17.1. The molecule has 0 bridgehead atoms. The fourth-order valence-corrected chi connectivity index (χ4v) is 2.56. The lowest BCUT2D eigenvalue weighted by atomic mass is 10.1. The molecule has 5 N–H and O–H groups in total. The summed E-state index contributed by atoms with van der Waals surface area (Å²) in [5, 5.41) is 9.14. The van der Waals surface area contributed by atoms with Crippen molar-refractivity contribution in [1.82, 2.24) is 4.90 Å². The van der Waals surface area contributed by atoms with Gasteiger partial charge in [-0.25, -0.2) is 4.99 Å². The highest BCUT2D eigenvalue weighted by atomic mass is 16.4. The summed E-state index contributed by atoms with van der Waals surface area (Å²) >= 11 is 0. The maximum absolute atomic E-state index is 11.1. The third kappa shape index (κ3) is 3.59. The molecule has 98 valence electrons. The van der Waals surface area contributed by atoms with E-state index in [-0.39, 0.29) is 18.2 Å². The van der Waals surface area contributed by atoms with Gasteiger partial charge in [0.1, 0.15) is 12.2 Å². The van der Waals surface area contributed by atoms with E-state index in [0.717, 1.165) is 25.7 Å². The zero-order chi connectivity index (χ0) is 13.0. The van der Waals surface area contributed by atoms with Crippen molar-refractivity contribution in [2.75, 3.05) is 0 Å². The molecular weight excluding hydrogens is 220 g/mol. The number of carbonyl (C=O) groups is 1. The Morgan fingerprint density at radius 3 is 2.29 bits per heavy atom. The molecule has 1 saturated carbocycles. The fourth-order valence-electron chi connectivity index (χ4n) is 2.56. The summed E-state index contributed by atoms with van der Waals surface area (Å²) in [5.74, 6) is -0.840. The normalized spacial score (nSPS) is 20.2. The topological polar surface area (TPSA) is 105 Å². The van der Waals surface area contributed by atoms with Crippen LogP contribution < -0.4 is 11.5 Å². The molecule has 1 rings (SSSR count). The molecule has 0 amide bonds. The first-order valence-electron chi connectivity index (χ1n) is 6.02. The van der Waals surface area contributed by atoms with E-state index in [2.05, 4.69) is 4.99 Å². The van der Waals surface area contributed by atoms with Gasteiger partial charge in [0.15, 0.2) is 5.96 Å². The summed E-state index contributed by atoms with van der Waals surface area (Å²) in [6.07, 6.45) is 4.02. The molecule has 2 atom stereocenters. The first-order chi connectivity index (χ1) is 7.93. The minimum Gasteiger partial charge on any atom is -0.480 e. The first kappa shape index (κ1) is 13.8. The number of rotatable bonds is 5. The molecule has 1 aliphatic carbocycles. The molecule has 6 nitrogen and oxygen atoms in total. The predicted octanol–water partition coefficient (Wildman–Crippen LogP) is 0.324. The van der Waals surface area contributed by atoms with E-state index in [0.29, 0.717) is 0 Å². The molecule has 1 aliphatic rings. The highest BCUT2D eigenvalue weighted by molar-refractivity contribution is 5.76. The van der Waals surface area contributed by atoms with Crippen LogP contribution in [0.25, 0.3) is 0 Å². The summed E-state index contributed by atoms with van der Waals surface area (Å²) in [6.45, 7) is 3.51. The van der Waals surface area contributed by atoms with Gasteiger partial charge in [0.2, 0.25) is 0 Å². The monoisotopic (exact) mass is 242 g/mol. The average molecular weight is 242 g/mol. The van der Waals surface area contributed by atoms with Crippen LogP contribution in [0.2, 0.25) is 0 Å². The molecule has 0 heterocycles. The van der Waals surface area contributed by atoms with Crippen LogP contribution in [0.3, 0.4) is 0 Å². The van der Waals surface area contributed by atoms with Crippen molar-refractivity contribution in [3.05, 3.63) is 0 Å². The Kier molecular flexibility index (Phi) is 4.74. The zero-order valence-electron chi connectivity index (χ0n) is 10.5. The Hall–Kier alpha value is -1.30. The van der Waals surface area contributed by atoms with Crippen LogP contribution in [0.1, 0.15) is 39.5 Å². The second-order valence-corrected chi connectivity index (χ2v) is 4.59. The van der Waals surface area contributed by atoms with Crippen molar-refractivity contribution < 1.29 is 9.90 Å². The van der Waals surface area contributed by atoms with Gasteiger partial charge in [-0.15, -0.1) is 0 Å². The largest absolute Gasteiger partial charge is 0.480 e. The summed E-state index contributed by atoms with van der Waals surface area (Å²) in [5.41, 5.74) is 10.7. The number of nitrogens with two attached hydrogens (primary N) is 2. The van der Waals surface area contributed by atoms with E-state index in [1.807, 2.05) is 11.8 Å². The molecule has 17 heavy (non-hydrogen) atoms. The number of aliphatic imine (C=N–C) groups is 1.